The van der Waals surface area contributed by atoms with Crippen LogP contribution in [0.5, 0.6) is 0 Å². The van der Waals surface area contributed by atoms with Gasteiger partial charge < -0.3 is 9.80 Å². The van der Waals surface area contributed by atoms with Gasteiger partial charge in [-0.2, -0.15) is 0 Å². The van der Waals surface area contributed by atoms with Crippen LogP contribution in [0.2, 0.25) is 0 Å². The van der Waals surface area contributed by atoms with Gasteiger partial charge in [-0.1, -0.05) is 23.4 Å². The lowest BCUT2D eigenvalue weighted by molar-refractivity contribution is 0.0609. The van der Waals surface area contributed by atoms with E-state index in [-0.39, 0.29) is 24.4 Å². The van der Waals surface area contributed by atoms with Gasteiger partial charge in [0.15, 0.2) is 5.69 Å². The summed E-state index contributed by atoms with van der Waals surface area (Å²) in [5.74, 6) is -0.0392. The summed E-state index contributed by atoms with van der Waals surface area (Å²) < 4.78 is 1.72. The van der Waals surface area contributed by atoms with E-state index in [0.29, 0.717) is 11.7 Å². The van der Waals surface area contributed by atoms with E-state index in [1.807, 2.05) is 49.2 Å². The minimum atomic E-state index is -0.0392. The number of piperidine rings is 1. The number of nitrogens with zero attached hydrogens (tertiary/aromatic N) is 5. The van der Waals surface area contributed by atoms with E-state index >= 15 is 0 Å². The van der Waals surface area contributed by atoms with Gasteiger partial charge in [-0.3, -0.25) is 4.79 Å². The van der Waals surface area contributed by atoms with Gasteiger partial charge in [0.2, 0.25) is 0 Å². The molecule has 0 saturated carbocycles. The van der Waals surface area contributed by atoms with Crippen molar-refractivity contribution in [3.05, 3.63) is 41.7 Å². The molecule has 0 radical (unpaired) electrons. The molecule has 1 aliphatic rings. The van der Waals surface area contributed by atoms with Crippen molar-refractivity contribution in [3.63, 3.8) is 0 Å². The molecule has 1 saturated heterocycles. The first kappa shape index (κ1) is 20.4. The quantitative estimate of drug-likeness (QED) is 0.822. The molecule has 1 aromatic heterocycles. The summed E-state index contributed by atoms with van der Waals surface area (Å²) in [4.78, 5) is 17.2. The summed E-state index contributed by atoms with van der Waals surface area (Å²) in [6.45, 7) is 8.42. The SMILES string of the molecule is Cc1c(C(=O)N(C)C2CCN(C(C)C)CC2)nnn1-c1ccccc1.Cl. The highest BCUT2D eigenvalue weighted by atomic mass is 35.5. The van der Waals surface area contributed by atoms with Crippen LogP contribution in [-0.4, -0.2) is 62.9 Å². The minimum absolute atomic E-state index is 0. The summed E-state index contributed by atoms with van der Waals surface area (Å²) in [5.41, 5.74) is 2.14. The molecular weight excluding hydrogens is 350 g/mol. The molecule has 0 N–H and O–H groups in total. The molecule has 2 heterocycles. The molecule has 0 aliphatic carbocycles. The second-order valence-electron chi connectivity index (χ2n) is 7.05. The molecule has 6 nitrogen and oxygen atoms in total. The molecule has 0 bridgehead atoms. The average molecular weight is 378 g/mol. The Morgan fingerprint density at radius 1 is 1.19 bits per heavy atom. The van der Waals surface area contributed by atoms with Gasteiger partial charge in [-0.15, -0.1) is 17.5 Å². The van der Waals surface area contributed by atoms with Crippen LogP contribution in [0.3, 0.4) is 0 Å². The van der Waals surface area contributed by atoms with Crippen molar-refractivity contribution in [2.24, 2.45) is 0 Å². The first-order valence-electron chi connectivity index (χ1n) is 8.98. The fourth-order valence-corrected chi connectivity index (χ4v) is 3.46. The van der Waals surface area contributed by atoms with E-state index in [1.165, 1.54) is 0 Å². The maximum absolute atomic E-state index is 12.9. The van der Waals surface area contributed by atoms with Crippen LogP contribution in [0, 0.1) is 6.92 Å². The number of benzene rings is 1. The number of hydrogen-bond acceptors (Lipinski definition) is 4. The molecule has 1 fully saturated rings. The predicted octanol–water partition coefficient (Wildman–Crippen LogP) is 2.94. The number of halogens is 1. The Morgan fingerprint density at radius 3 is 2.38 bits per heavy atom. The largest absolute Gasteiger partial charge is 0.337 e. The summed E-state index contributed by atoms with van der Waals surface area (Å²) in [6, 6.07) is 10.6. The number of amides is 1. The van der Waals surface area contributed by atoms with Crippen LogP contribution >= 0.6 is 12.4 Å². The van der Waals surface area contributed by atoms with E-state index in [2.05, 4.69) is 29.1 Å². The number of hydrogen-bond donors (Lipinski definition) is 0. The van der Waals surface area contributed by atoms with Crippen LogP contribution in [0.1, 0.15) is 42.9 Å². The van der Waals surface area contributed by atoms with Gasteiger partial charge >= 0.3 is 0 Å². The maximum Gasteiger partial charge on any atom is 0.276 e. The zero-order valence-corrected chi connectivity index (χ0v) is 16.7. The van der Waals surface area contributed by atoms with Crippen LogP contribution in [0.25, 0.3) is 5.69 Å². The third-order valence-electron chi connectivity index (χ3n) is 5.20. The molecular formula is C19H28ClN5O. The van der Waals surface area contributed by atoms with Gasteiger partial charge in [-0.05, 0) is 45.7 Å². The number of carbonyl (C=O) groups excluding carboxylic acids is 1. The second-order valence-corrected chi connectivity index (χ2v) is 7.05. The number of para-hydroxylation sites is 1. The zero-order chi connectivity index (χ0) is 18.0. The molecule has 26 heavy (non-hydrogen) atoms. The fraction of sp³-hybridized carbons (Fsp3) is 0.526. The van der Waals surface area contributed by atoms with Crippen LogP contribution < -0.4 is 0 Å². The summed E-state index contributed by atoms with van der Waals surface area (Å²) in [7, 11) is 1.89. The summed E-state index contributed by atoms with van der Waals surface area (Å²) in [6.07, 6.45) is 2.01. The third kappa shape index (κ3) is 4.07. The minimum Gasteiger partial charge on any atom is -0.337 e. The lowest BCUT2D eigenvalue weighted by Crippen LogP contribution is -2.47. The van der Waals surface area contributed by atoms with Crippen molar-refractivity contribution in [3.8, 4) is 5.69 Å². The third-order valence-corrected chi connectivity index (χ3v) is 5.20. The molecule has 1 aliphatic heterocycles. The Hall–Kier alpha value is -1.92. The number of likely N-dealkylation sites (tertiary alicyclic amines) is 1. The zero-order valence-electron chi connectivity index (χ0n) is 15.9. The predicted molar refractivity (Wildman–Crippen MR) is 105 cm³/mol. The normalized spacial score (nSPS) is 15.7. The van der Waals surface area contributed by atoms with E-state index in [0.717, 1.165) is 37.3 Å². The Kier molecular flexibility index (Phi) is 6.78. The first-order chi connectivity index (χ1) is 12.0. The summed E-state index contributed by atoms with van der Waals surface area (Å²) >= 11 is 0. The number of carbonyl (C=O) groups is 1. The number of aromatic nitrogens is 3. The van der Waals surface area contributed by atoms with E-state index < -0.39 is 0 Å². The van der Waals surface area contributed by atoms with Gasteiger partial charge in [-0.25, -0.2) is 4.68 Å². The molecule has 3 rings (SSSR count). The highest BCUT2D eigenvalue weighted by molar-refractivity contribution is 5.93. The van der Waals surface area contributed by atoms with E-state index in [4.69, 9.17) is 0 Å². The summed E-state index contributed by atoms with van der Waals surface area (Å²) in [5, 5.41) is 8.34. The molecule has 7 heteroatoms. The van der Waals surface area contributed by atoms with Crippen molar-refractivity contribution in [1.29, 1.82) is 0 Å². The van der Waals surface area contributed by atoms with Crippen LogP contribution in [0.15, 0.2) is 30.3 Å². The highest BCUT2D eigenvalue weighted by Gasteiger charge is 2.29. The fourth-order valence-electron chi connectivity index (χ4n) is 3.46. The van der Waals surface area contributed by atoms with Crippen molar-refractivity contribution in [2.45, 2.75) is 45.7 Å². The van der Waals surface area contributed by atoms with Crippen molar-refractivity contribution in [2.75, 3.05) is 20.1 Å². The molecule has 0 spiro atoms. The topological polar surface area (TPSA) is 54.3 Å². The highest BCUT2D eigenvalue weighted by Crippen LogP contribution is 2.20. The van der Waals surface area contributed by atoms with Gasteiger partial charge in [0.25, 0.3) is 5.91 Å². The molecule has 2 aromatic rings. The van der Waals surface area contributed by atoms with Crippen LogP contribution in [0.4, 0.5) is 0 Å². The van der Waals surface area contributed by atoms with Gasteiger partial charge in [0, 0.05) is 32.2 Å². The lowest BCUT2D eigenvalue weighted by atomic mass is 10.0. The molecule has 1 aromatic carbocycles. The van der Waals surface area contributed by atoms with Gasteiger partial charge in [0.1, 0.15) is 0 Å². The molecule has 142 valence electrons. The average Bonchev–Trinajstić information content (AvgIpc) is 3.02. The molecule has 0 atom stereocenters. The Balaban J connectivity index is 0.00000243. The second kappa shape index (κ2) is 8.64. The van der Waals surface area contributed by atoms with E-state index in [9.17, 15) is 4.79 Å². The Labute approximate surface area is 161 Å². The standard InChI is InChI=1S/C19H27N5O.ClH/c1-14(2)23-12-10-16(11-13-23)22(4)19(25)18-15(3)24(21-20-18)17-8-6-5-7-9-17;/h5-9,14,16H,10-13H2,1-4H3;1H. The van der Waals surface area contributed by atoms with Crippen molar-refractivity contribution < 1.29 is 4.79 Å². The molecule has 1 amide bonds. The number of rotatable bonds is 4. The molecule has 0 unspecified atom stereocenters. The lowest BCUT2D eigenvalue weighted by Gasteiger charge is -2.38. The van der Waals surface area contributed by atoms with E-state index in [1.54, 1.807) is 4.68 Å². The van der Waals surface area contributed by atoms with Crippen molar-refractivity contribution >= 4 is 18.3 Å². The van der Waals surface area contributed by atoms with Crippen LogP contribution in [-0.2, 0) is 0 Å². The first-order valence-corrected chi connectivity index (χ1v) is 8.98. The Bertz CT molecular complexity index is 723. The maximum atomic E-state index is 12.9. The Morgan fingerprint density at radius 2 is 1.81 bits per heavy atom. The smallest absolute Gasteiger partial charge is 0.276 e. The monoisotopic (exact) mass is 377 g/mol. The van der Waals surface area contributed by atoms with Gasteiger partial charge in [0.05, 0.1) is 11.4 Å². The van der Waals surface area contributed by atoms with Crippen molar-refractivity contribution in [1.82, 2.24) is 24.8 Å².